The van der Waals surface area contributed by atoms with Gasteiger partial charge in [0, 0.05) is 11.9 Å². The number of nitrogens with zero attached hydrogens (tertiary/aromatic N) is 3. The lowest BCUT2D eigenvalue weighted by molar-refractivity contribution is 0.0949. The Hall–Kier alpha value is -2.43. The van der Waals surface area contributed by atoms with Crippen LogP contribution in [0.5, 0.6) is 0 Å². The van der Waals surface area contributed by atoms with Crippen molar-refractivity contribution < 1.29 is 4.79 Å². The average molecular weight is 326 g/mol. The van der Waals surface area contributed by atoms with Gasteiger partial charge in [0.1, 0.15) is 0 Å². The number of rotatable bonds is 4. The maximum atomic E-state index is 12.2. The highest BCUT2D eigenvalue weighted by Gasteiger charge is 2.13. The van der Waals surface area contributed by atoms with E-state index in [0.29, 0.717) is 11.6 Å². The van der Waals surface area contributed by atoms with Gasteiger partial charge in [-0.25, -0.2) is 10.1 Å². The van der Waals surface area contributed by atoms with Crippen molar-refractivity contribution >= 4 is 12.1 Å². The number of aromatic nitrogens is 2. The van der Waals surface area contributed by atoms with Crippen LogP contribution in [0.15, 0.2) is 35.4 Å². The first-order valence-electron chi connectivity index (χ1n) is 8.19. The van der Waals surface area contributed by atoms with Crippen molar-refractivity contribution in [2.24, 2.45) is 10.5 Å². The van der Waals surface area contributed by atoms with Gasteiger partial charge in [-0.1, -0.05) is 46.8 Å². The monoisotopic (exact) mass is 326 g/mol. The quantitative estimate of drug-likeness (QED) is 0.680. The van der Waals surface area contributed by atoms with Gasteiger partial charge in [0.15, 0.2) is 5.69 Å². The molecule has 128 valence electrons. The van der Waals surface area contributed by atoms with Crippen molar-refractivity contribution in [3.05, 3.63) is 47.3 Å². The van der Waals surface area contributed by atoms with Gasteiger partial charge < -0.3 is 0 Å². The lowest BCUT2D eigenvalue weighted by Gasteiger charge is -2.09. The number of carbonyl (C=O) groups excluding carboxylic acids is 1. The maximum absolute atomic E-state index is 12.2. The van der Waals surface area contributed by atoms with Crippen molar-refractivity contribution in [1.82, 2.24) is 15.2 Å². The standard InChI is InChI=1S/C19H26N4O/c1-13(2)15-7-9-16(10-8-15)23-14(3)11-17(22-23)18(24)21-20-12-19(4,5)6/h7-13H,1-6H3,(H,21,24)/b20-12-. The van der Waals surface area contributed by atoms with Crippen LogP contribution in [0.3, 0.4) is 0 Å². The van der Waals surface area contributed by atoms with Gasteiger partial charge in [-0.3, -0.25) is 4.79 Å². The Bertz CT molecular complexity index is 734. The van der Waals surface area contributed by atoms with Gasteiger partial charge in [-0.05, 0) is 42.0 Å². The number of hydrogen-bond donors (Lipinski definition) is 1. The van der Waals surface area contributed by atoms with E-state index in [4.69, 9.17) is 0 Å². The predicted octanol–water partition coefficient (Wildman–Crippen LogP) is 4.07. The molecule has 1 amide bonds. The van der Waals surface area contributed by atoms with Crippen LogP contribution < -0.4 is 5.43 Å². The van der Waals surface area contributed by atoms with E-state index in [1.807, 2.05) is 39.8 Å². The second kappa shape index (κ2) is 6.99. The molecule has 1 aromatic carbocycles. The van der Waals surface area contributed by atoms with Gasteiger partial charge in [0.25, 0.3) is 5.91 Å². The number of amides is 1. The highest BCUT2D eigenvalue weighted by atomic mass is 16.2. The van der Waals surface area contributed by atoms with E-state index >= 15 is 0 Å². The summed E-state index contributed by atoms with van der Waals surface area (Å²) < 4.78 is 1.77. The SMILES string of the molecule is Cc1cc(C(=O)N/N=C\C(C)(C)C)nn1-c1ccc(C(C)C)cc1. The van der Waals surface area contributed by atoms with Crippen LogP contribution >= 0.6 is 0 Å². The van der Waals surface area contributed by atoms with E-state index in [0.717, 1.165) is 11.4 Å². The van der Waals surface area contributed by atoms with Gasteiger partial charge in [0.05, 0.1) is 5.69 Å². The zero-order valence-electron chi connectivity index (χ0n) is 15.3. The summed E-state index contributed by atoms with van der Waals surface area (Å²) in [4.78, 5) is 12.2. The first-order valence-corrected chi connectivity index (χ1v) is 8.19. The lowest BCUT2D eigenvalue weighted by atomic mass is 9.99. The minimum atomic E-state index is -0.309. The van der Waals surface area contributed by atoms with Crippen molar-refractivity contribution in [1.29, 1.82) is 0 Å². The second-order valence-electron chi connectivity index (χ2n) is 7.39. The molecule has 2 aromatic rings. The summed E-state index contributed by atoms with van der Waals surface area (Å²) in [7, 11) is 0. The Kier molecular flexibility index (Phi) is 5.22. The van der Waals surface area contributed by atoms with E-state index < -0.39 is 0 Å². The van der Waals surface area contributed by atoms with E-state index in [9.17, 15) is 4.79 Å². The first kappa shape index (κ1) is 17.9. The van der Waals surface area contributed by atoms with E-state index in [2.05, 4.69) is 41.6 Å². The molecular formula is C19H26N4O. The molecule has 5 heteroatoms. The second-order valence-corrected chi connectivity index (χ2v) is 7.39. The molecule has 0 saturated carbocycles. The van der Waals surface area contributed by atoms with Crippen LogP contribution in [0.1, 0.15) is 62.3 Å². The molecule has 5 nitrogen and oxygen atoms in total. The zero-order chi connectivity index (χ0) is 17.9. The Balaban J connectivity index is 2.17. The summed E-state index contributed by atoms with van der Waals surface area (Å²) in [5.41, 5.74) is 5.91. The molecule has 0 aliphatic heterocycles. The van der Waals surface area contributed by atoms with E-state index in [1.165, 1.54) is 5.56 Å². The molecule has 0 unspecified atom stereocenters. The fourth-order valence-electron chi connectivity index (χ4n) is 2.19. The Morgan fingerprint density at radius 2 is 1.88 bits per heavy atom. The Morgan fingerprint density at radius 3 is 2.42 bits per heavy atom. The summed E-state index contributed by atoms with van der Waals surface area (Å²) in [6.45, 7) is 12.3. The average Bonchev–Trinajstić information content (AvgIpc) is 2.88. The number of hydrogen-bond acceptors (Lipinski definition) is 3. The third-order valence-corrected chi connectivity index (χ3v) is 3.54. The largest absolute Gasteiger partial charge is 0.291 e. The van der Waals surface area contributed by atoms with E-state index in [-0.39, 0.29) is 11.3 Å². The normalized spacial score (nSPS) is 12.1. The number of carbonyl (C=O) groups is 1. The molecule has 0 radical (unpaired) electrons. The van der Waals surface area contributed by atoms with Gasteiger partial charge >= 0.3 is 0 Å². The minimum Gasteiger partial charge on any atom is -0.265 e. The molecule has 0 bridgehead atoms. The smallest absolute Gasteiger partial charge is 0.265 e. The number of hydrazone groups is 1. The molecule has 0 aliphatic carbocycles. The van der Waals surface area contributed by atoms with Crippen molar-refractivity contribution in [2.45, 2.75) is 47.5 Å². The number of nitrogens with one attached hydrogen (secondary N) is 1. The fourth-order valence-corrected chi connectivity index (χ4v) is 2.19. The zero-order valence-corrected chi connectivity index (χ0v) is 15.3. The summed E-state index contributed by atoms with van der Waals surface area (Å²) in [5, 5.41) is 8.39. The van der Waals surface area contributed by atoms with Gasteiger partial charge in [-0.15, -0.1) is 0 Å². The maximum Gasteiger partial charge on any atom is 0.291 e. The molecule has 0 atom stereocenters. The molecule has 1 heterocycles. The van der Waals surface area contributed by atoms with Crippen LogP contribution in [0, 0.1) is 12.3 Å². The van der Waals surface area contributed by atoms with Crippen LogP contribution in [0.25, 0.3) is 5.69 Å². The van der Waals surface area contributed by atoms with Crippen LogP contribution in [-0.2, 0) is 0 Å². The van der Waals surface area contributed by atoms with Crippen molar-refractivity contribution in [3.63, 3.8) is 0 Å². The summed E-state index contributed by atoms with van der Waals surface area (Å²) in [6, 6.07) is 9.99. The fraction of sp³-hybridized carbons (Fsp3) is 0.421. The van der Waals surface area contributed by atoms with Crippen LogP contribution in [0.4, 0.5) is 0 Å². The molecule has 0 saturated heterocycles. The van der Waals surface area contributed by atoms with Crippen molar-refractivity contribution in [3.8, 4) is 5.69 Å². The third-order valence-electron chi connectivity index (χ3n) is 3.54. The summed E-state index contributed by atoms with van der Waals surface area (Å²) in [6.07, 6.45) is 1.71. The summed E-state index contributed by atoms with van der Waals surface area (Å²) in [5.74, 6) is 0.177. The van der Waals surface area contributed by atoms with Gasteiger partial charge in [0.2, 0.25) is 0 Å². The Labute approximate surface area is 143 Å². The van der Waals surface area contributed by atoms with Crippen molar-refractivity contribution in [2.75, 3.05) is 0 Å². The lowest BCUT2D eigenvalue weighted by Crippen LogP contribution is -2.20. The minimum absolute atomic E-state index is 0.0826. The predicted molar refractivity (Wildman–Crippen MR) is 97.8 cm³/mol. The molecule has 24 heavy (non-hydrogen) atoms. The number of benzene rings is 1. The molecule has 1 N–H and O–H groups in total. The van der Waals surface area contributed by atoms with Crippen LogP contribution in [-0.4, -0.2) is 21.9 Å². The molecule has 0 fully saturated rings. The van der Waals surface area contributed by atoms with E-state index in [1.54, 1.807) is 17.0 Å². The summed E-state index contributed by atoms with van der Waals surface area (Å²) >= 11 is 0. The molecule has 2 rings (SSSR count). The number of aryl methyl sites for hydroxylation is 1. The highest BCUT2D eigenvalue weighted by Crippen LogP contribution is 2.18. The molecule has 0 aliphatic rings. The van der Waals surface area contributed by atoms with Gasteiger partial charge in [-0.2, -0.15) is 10.2 Å². The molecule has 1 aromatic heterocycles. The molecule has 0 spiro atoms. The molecular weight excluding hydrogens is 300 g/mol. The first-order chi connectivity index (χ1) is 11.2. The highest BCUT2D eigenvalue weighted by molar-refractivity contribution is 5.92. The van der Waals surface area contributed by atoms with Crippen LogP contribution in [0.2, 0.25) is 0 Å². The third kappa shape index (κ3) is 4.54. The Morgan fingerprint density at radius 1 is 1.25 bits per heavy atom. The topological polar surface area (TPSA) is 59.3 Å².